The smallest absolute Gasteiger partial charge is 0.124 e. The third-order valence-corrected chi connectivity index (χ3v) is 2.04. The molecule has 0 aromatic heterocycles. The molecule has 1 rings (SSSR count). The summed E-state index contributed by atoms with van der Waals surface area (Å²) in [5.74, 6) is 0.353. The molecule has 0 saturated carbocycles. The van der Waals surface area contributed by atoms with E-state index in [1.165, 1.54) is 12.1 Å². The van der Waals surface area contributed by atoms with Crippen LogP contribution in [-0.4, -0.2) is 6.61 Å². The van der Waals surface area contributed by atoms with Gasteiger partial charge in [-0.05, 0) is 31.5 Å². The Bertz CT molecular complexity index is 336. The second-order valence-electron chi connectivity index (χ2n) is 3.40. The van der Waals surface area contributed by atoms with Crippen molar-refractivity contribution >= 4 is 0 Å². The first-order chi connectivity index (χ1) is 7.15. The largest absolute Gasteiger partial charge is 0.493 e. The quantitative estimate of drug-likeness (QED) is 0.597. The van der Waals surface area contributed by atoms with E-state index in [1.54, 1.807) is 19.1 Å². The molecule has 1 aromatic carbocycles. The molecule has 0 heterocycles. The van der Waals surface area contributed by atoms with Crippen molar-refractivity contribution in [2.45, 2.75) is 19.4 Å². The van der Waals surface area contributed by atoms with Crippen molar-refractivity contribution in [3.8, 4) is 5.75 Å². The Labute approximate surface area is 89.6 Å². The summed E-state index contributed by atoms with van der Waals surface area (Å²) in [6.45, 7) is 5.94. The van der Waals surface area contributed by atoms with Gasteiger partial charge < -0.3 is 10.5 Å². The van der Waals surface area contributed by atoms with Gasteiger partial charge in [0.1, 0.15) is 11.6 Å². The zero-order chi connectivity index (χ0) is 11.3. The van der Waals surface area contributed by atoms with Gasteiger partial charge in [-0.1, -0.05) is 6.08 Å². The maximum absolute atomic E-state index is 13.0. The first-order valence-corrected chi connectivity index (χ1v) is 4.94. The van der Waals surface area contributed by atoms with Gasteiger partial charge in [-0.15, -0.1) is 6.58 Å². The summed E-state index contributed by atoms with van der Waals surface area (Å²) in [5, 5.41) is 0. The van der Waals surface area contributed by atoms with Gasteiger partial charge in [-0.25, -0.2) is 4.39 Å². The van der Waals surface area contributed by atoms with Crippen molar-refractivity contribution in [3.05, 3.63) is 42.2 Å². The van der Waals surface area contributed by atoms with E-state index in [2.05, 4.69) is 6.58 Å². The van der Waals surface area contributed by atoms with E-state index >= 15 is 0 Å². The Kier molecular flexibility index (Phi) is 4.31. The zero-order valence-electron chi connectivity index (χ0n) is 8.87. The lowest BCUT2D eigenvalue weighted by atomic mass is 10.1. The van der Waals surface area contributed by atoms with Crippen molar-refractivity contribution in [1.29, 1.82) is 0 Å². The van der Waals surface area contributed by atoms with E-state index in [4.69, 9.17) is 10.5 Å². The van der Waals surface area contributed by atoms with Gasteiger partial charge in [0.15, 0.2) is 0 Å². The van der Waals surface area contributed by atoms with E-state index in [-0.39, 0.29) is 11.9 Å². The van der Waals surface area contributed by atoms with Crippen LogP contribution in [0.4, 0.5) is 4.39 Å². The topological polar surface area (TPSA) is 35.2 Å². The summed E-state index contributed by atoms with van der Waals surface area (Å²) in [6.07, 6.45) is 2.53. The van der Waals surface area contributed by atoms with Crippen LogP contribution in [0.15, 0.2) is 30.9 Å². The number of benzene rings is 1. The van der Waals surface area contributed by atoms with E-state index < -0.39 is 0 Å². The Morgan fingerprint density at radius 2 is 2.33 bits per heavy atom. The molecule has 0 amide bonds. The van der Waals surface area contributed by atoms with Crippen LogP contribution >= 0.6 is 0 Å². The highest BCUT2D eigenvalue weighted by Crippen LogP contribution is 2.24. The van der Waals surface area contributed by atoms with Crippen LogP contribution in [0, 0.1) is 5.82 Å². The van der Waals surface area contributed by atoms with Crippen molar-refractivity contribution < 1.29 is 9.13 Å². The standard InChI is InChI=1S/C12H16FNO/c1-3-4-7-15-12-6-5-10(13)8-11(12)9(2)14/h3,5-6,8-9H,1,4,7,14H2,2H3/t9-/m0/s1. The summed E-state index contributed by atoms with van der Waals surface area (Å²) < 4.78 is 18.4. The molecule has 0 spiro atoms. The van der Waals surface area contributed by atoms with E-state index in [0.717, 1.165) is 6.42 Å². The number of hydrogen-bond acceptors (Lipinski definition) is 2. The monoisotopic (exact) mass is 209 g/mol. The Morgan fingerprint density at radius 3 is 2.93 bits per heavy atom. The van der Waals surface area contributed by atoms with Crippen LogP contribution in [0.3, 0.4) is 0 Å². The van der Waals surface area contributed by atoms with Crippen LogP contribution in [0.2, 0.25) is 0 Å². The zero-order valence-corrected chi connectivity index (χ0v) is 8.87. The predicted octanol–water partition coefficient (Wildman–Crippen LogP) is 2.80. The average Bonchev–Trinajstić information content (AvgIpc) is 2.20. The van der Waals surface area contributed by atoms with Gasteiger partial charge in [0.2, 0.25) is 0 Å². The second-order valence-corrected chi connectivity index (χ2v) is 3.40. The second kappa shape index (κ2) is 5.51. The summed E-state index contributed by atoms with van der Waals surface area (Å²) >= 11 is 0. The molecule has 1 atom stereocenters. The summed E-state index contributed by atoms with van der Waals surface area (Å²) in [5.41, 5.74) is 6.41. The fourth-order valence-corrected chi connectivity index (χ4v) is 1.26. The van der Waals surface area contributed by atoms with Crippen LogP contribution in [0.5, 0.6) is 5.75 Å². The van der Waals surface area contributed by atoms with E-state index in [1.807, 2.05) is 0 Å². The van der Waals surface area contributed by atoms with Crippen LogP contribution in [-0.2, 0) is 0 Å². The third-order valence-electron chi connectivity index (χ3n) is 2.04. The van der Waals surface area contributed by atoms with Gasteiger partial charge in [0.25, 0.3) is 0 Å². The van der Waals surface area contributed by atoms with Crippen molar-refractivity contribution in [1.82, 2.24) is 0 Å². The molecule has 0 aliphatic rings. The molecule has 0 radical (unpaired) electrons. The van der Waals surface area contributed by atoms with Crippen molar-refractivity contribution in [2.24, 2.45) is 5.73 Å². The highest BCUT2D eigenvalue weighted by Gasteiger charge is 2.08. The molecule has 0 saturated heterocycles. The number of ether oxygens (including phenoxy) is 1. The van der Waals surface area contributed by atoms with Crippen LogP contribution < -0.4 is 10.5 Å². The molecular formula is C12H16FNO. The average molecular weight is 209 g/mol. The van der Waals surface area contributed by atoms with Gasteiger partial charge in [-0.2, -0.15) is 0 Å². The summed E-state index contributed by atoms with van der Waals surface area (Å²) in [7, 11) is 0. The number of nitrogens with two attached hydrogens (primary N) is 1. The Hall–Kier alpha value is -1.35. The van der Waals surface area contributed by atoms with Gasteiger partial charge >= 0.3 is 0 Å². The maximum atomic E-state index is 13.0. The lowest BCUT2D eigenvalue weighted by Crippen LogP contribution is -2.09. The minimum Gasteiger partial charge on any atom is -0.493 e. The molecular weight excluding hydrogens is 193 g/mol. The SMILES string of the molecule is C=CCCOc1ccc(F)cc1[C@H](C)N. The minimum atomic E-state index is -0.293. The number of halogens is 1. The molecule has 1 aromatic rings. The normalized spacial score (nSPS) is 12.2. The lowest BCUT2D eigenvalue weighted by molar-refractivity contribution is 0.319. The fraction of sp³-hybridized carbons (Fsp3) is 0.333. The van der Waals surface area contributed by atoms with Crippen LogP contribution in [0.25, 0.3) is 0 Å². The lowest BCUT2D eigenvalue weighted by Gasteiger charge is -2.13. The molecule has 15 heavy (non-hydrogen) atoms. The van der Waals surface area contributed by atoms with Crippen molar-refractivity contribution in [2.75, 3.05) is 6.61 Å². The summed E-state index contributed by atoms with van der Waals surface area (Å²) in [6, 6.07) is 4.15. The van der Waals surface area contributed by atoms with Gasteiger partial charge in [0.05, 0.1) is 6.61 Å². The molecule has 0 unspecified atom stereocenters. The highest BCUT2D eigenvalue weighted by atomic mass is 19.1. The molecule has 3 heteroatoms. The first kappa shape index (κ1) is 11.7. The molecule has 0 fully saturated rings. The first-order valence-electron chi connectivity index (χ1n) is 4.94. The highest BCUT2D eigenvalue weighted by molar-refractivity contribution is 5.36. The minimum absolute atomic E-state index is 0.237. The van der Waals surface area contributed by atoms with Crippen molar-refractivity contribution in [3.63, 3.8) is 0 Å². The molecule has 0 aliphatic carbocycles. The number of rotatable bonds is 5. The molecule has 0 bridgehead atoms. The van der Waals surface area contributed by atoms with Gasteiger partial charge in [-0.3, -0.25) is 0 Å². The van der Waals surface area contributed by atoms with E-state index in [9.17, 15) is 4.39 Å². The fourth-order valence-electron chi connectivity index (χ4n) is 1.26. The molecule has 0 aliphatic heterocycles. The Morgan fingerprint density at radius 1 is 1.60 bits per heavy atom. The predicted molar refractivity (Wildman–Crippen MR) is 59.3 cm³/mol. The molecule has 2 N–H and O–H groups in total. The van der Waals surface area contributed by atoms with E-state index in [0.29, 0.717) is 17.9 Å². The number of hydrogen-bond donors (Lipinski definition) is 1. The maximum Gasteiger partial charge on any atom is 0.124 e. The van der Waals surface area contributed by atoms with Crippen LogP contribution in [0.1, 0.15) is 24.9 Å². The van der Waals surface area contributed by atoms with Gasteiger partial charge in [0, 0.05) is 11.6 Å². The molecule has 82 valence electrons. The summed E-state index contributed by atoms with van der Waals surface area (Å²) in [4.78, 5) is 0. The third kappa shape index (κ3) is 3.36. The Balaban J connectivity index is 2.81. The molecule has 2 nitrogen and oxygen atoms in total.